The van der Waals surface area contributed by atoms with E-state index in [4.69, 9.17) is 22.1 Å². The Labute approximate surface area is 128 Å². The fourth-order valence-electron chi connectivity index (χ4n) is 2.00. The number of hydrogen-bond donors (Lipinski definition) is 2. The average Bonchev–Trinajstić information content (AvgIpc) is 2.45. The van der Waals surface area contributed by atoms with Gasteiger partial charge in [0.15, 0.2) is 0 Å². The molecule has 0 aliphatic heterocycles. The first-order chi connectivity index (χ1) is 10.1. The molecular weight excluding hydrogens is 288 g/mol. The summed E-state index contributed by atoms with van der Waals surface area (Å²) in [7, 11) is 1.55. The Morgan fingerprint density at radius 3 is 2.81 bits per heavy atom. The van der Waals surface area contributed by atoms with E-state index in [-0.39, 0.29) is 5.91 Å². The van der Waals surface area contributed by atoms with Crippen LogP contribution in [0.5, 0.6) is 5.75 Å². The number of carbonyl (C=O) groups is 1. The highest BCUT2D eigenvalue weighted by atomic mass is 35.5. The third-order valence-electron chi connectivity index (χ3n) is 3.03. The molecule has 21 heavy (non-hydrogen) atoms. The lowest BCUT2D eigenvalue weighted by molar-refractivity contribution is -0.116. The topological polar surface area (TPSA) is 64.3 Å². The Morgan fingerprint density at radius 1 is 1.29 bits per heavy atom. The van der Waals surface area contributed by atoms with Gasteiger partial charge < -0.3 is 15.8 Å². The zero-order valence-corrected chi connectivity index (χ0v) is 12.5. The molecule has 0 bridgehead atoms. The van der Waals surface area contributed by atoms with Crippen molar-refractivity contribution in [2.24, 2.45) is 0 Å². The van der Waals surface area contributed by atoms with Crippen LogP contribution in [-0.2, 0) is 11.2 Å². The summed E-state index contributed by atoms with van der Waals surface area (Å²) in [6.45, 7) is 0. The second-order valence-corrected chi connectivity index (χ2v) is 5.07. The van der Waals surface area contributed by atoms with Gasteiger partial charge in [-0.2, -0.15) is 0 Å². The number of carbonyl (C=O) groups excluding carboxylic acids is 1. The fourth-order valence-corrected chi connectivity index (χ4v) is 2.17. The minimum absolute atomic E-state index is 0.0991. The maximum Gasteiger partial charge on any atom is 0.224 e. The maximum absolute atomic E-state index is 12.0. The number of amides is 1. The molecular formula is C16H17ClN2O2. The first-order valence-corrected chi connectivity index (χ1v) is 6.94. The van der Waals surface area contributed by atoms with E-state index in [0.29, 0.717) is 35.0 Å². The summed E-state index contributed by atoms with van der Waals surface area (Å²) >= 11 is 5.93. The van der Waals surface area contributed by atoms with E-state index in [1.807, 2.05) is 24.3 Å². The Bertz CT molecular complexity index is 644. The van der Waals surface area contributed by atoms with Crippen LogP contribution in [0.25, 0.3) is 0 Å². The van der Waals surface area contributed by atoms with Crippen LogP contribution in [0.2, 0.25) is 5.02 Å². The molecule has 0 spiro atoms. The number of halogens is 1. The Morgan fingerprint density at radius 2 is 2.10 bits per heavy atom. The van der Waals surface area contributed by atoms with Gasteiger partial charge in [-0.3, -0.25) is 4.79 Å². The van der Waals surface area contributed by atoms with Gasteiger partial charge in [-0.25, -0.2) is 0 Å². The summed E-state index contributed by atoms with van der Waals surface area (Å²) < 4.78 is 5.19. The maximum atomic E-state index is 12.0. The minimum atomic E-state index is -0.0991. The Balaban J connectivity index is 1.97. The van der Waals surface area contributed by atoms with Gasteiger partial charge in [-0.15, -0.1) is 0 Å². The smallest absolute Gasteiger partial charge is 0.224 e. The summed E-state index contributed by atoms with van der Waals surface area (Å²) in [5.41, 5.74) is 8.01. The summed E-state index contributed by atoms with van der Waals surface area (Å²) in [6.07, 6.45) is 0.985. The summed E-state index contributed by atoms with van der Waals surface area (Å²) in [4.78, 5) is 12.0. The SMILES string of the molecule is COc1ccc(Cl)cc1NC(=O)CCc1cccc(N)c1. The molecule has 0 saturated heterocycles. The highest BCUT2D eigenvalue weighted by Gasteiger charge is 2.08. The van der Waals surface area contributed by atoms with Gasteiger partial charge in [0.05, 0.1) is 12.8 Å². The number of rotatable bonds is 5. The molecule has 2 aromatic carbocycles. The largest absolute Gasteiger partial charge is 0.495 e. The molecule has 0 atom stereocenters. The van der Waals surface area contributed by atoms with Crippen molar-refractivity contribution in [3.05, 3.63) is 53.1 Å². The standard InChI is InChI=1S/C16H17ClN2O2/c1-21-15-7-6-12(17)10-14(15)19-16(20)8-5-11-3-2-4-13(18)9-11/h2-4,6-7,9-10H,5,8,18H2,1H3,(H,19,20). The van der Waals surface area contributed by atoms with Crippen LogP contribution in [-0.4, -0.2) is 13.0 Å². The van der Waals surface area contributed by atoms with Gasteiger partial charge in [-0.1, -0.05) is 23.7 Å². The van der Waals surface area contributed by atoms with Gasteiger partial charge in [0.1, 0.15) is 5.75 Å². The zero-order chi connectivity index (χ0) is 15.2. The number of anilines is 2. The molecule has 1 amide bonds. The lowest BCUT2D eigenvalue weighted by Gasteiger charge is -2.10. The molecule has 2 aromatic rings. The predicted molar refractivity (Wildman–Crippen MR) is 85.8 cm³/mol. The van der Waals surface area contributed by atoms with Crippen LogP contribution in [0.3, 0.4) is 0 Å². The van der Waals surface area contributed by atoms with Crippen molar-refractivity contribution in [1.82, 2.24) is 0 Å². The Kier molecular flexibility index (Phi) is 5.06. The molecule has 0 saturated carbocycles. The number of nitrogens with one attached hydrogen (secondary N) is 1. The molecule has 0 radical (unpaired) electrons. The number of hydrogen-bond acceptors (Lipinski definition) is 3. The third kappa shape index (κ3) is 4.39. The average molecular weight is 305 g/mol. The highest BCUT2D eigenvalue weighted by molar-refractivity contribution is 6.31. The normalized spacial score (nSPS) is 10.2. The van der Waals surface area contributed by atoms with Crippen molar-refractivity contribution in [1.29, 1.82) is 0 Å². The van der Waals surface area contributed by atoms with Crippen LogP contribution >= 0.6 is 11.6 Å². The highest BCUT2D eigenvalue weighted by Crippen LogP contribution is 2.27. The van der Waals surface area contributed by atoms with Crippen LogP contribution in [0.1, 0.15) is 12.0 Å². The number of nitrogen functional groups attached to an aromatic ring is 1. The van der Waals surface area contributed by atoms with E-state index in [0.717, 1.165) is 5.56 Å². The molecule has 0 aliphatic carbocycles. The lowest BCUT2D eigenvalue weighted by Crippen LogP contribution is -2.13. The first-order valence-electron chi connectivity index (χ1n) is 6.56. The van der Waals surface area contributed by atoms with E-state index in [2.05, 4.69) is 5.32 Å². The van der Waals surface area contributed by atoms with Crippen molar-refractivity contribution in [2.45, 2.75) is 12.8 Å². The molecule has 110 valence electrons. The van der Waals surface area contributed by atoms with E-state index < -0.39 is 0 Å². The molecule has 0 aliphatic rings. The van der Waals surface area contributed by atoms with Crippen LogP contribution in [0, 0.1) is 0 Å². The molecule has 2 rings (SSSR count). The molecule has 3 N–H and O–H groups in total. The van der Waals surface area contributed by atoms with Gasteiger partial charge in [0.2, 0.25) is 5.91 Å². The predicted octanol–water partition coefficient (Wildman–Crippen LogP) is 3.50. The van der Waals surface area contributed by atoms with Crippen LogP contribution < -0.4 is 15.8 Å². The number of nitrogens with two attached hydrogens (primary N) is 1. The summed E-state index contributed by atoms with van der Waals surface area (Å²) in [5.74, 6) is 0.481. The fraction of sp³-hybridized carbons (Fsp3) is 0.188. The summed E-state index contributed by atoms with van der Waals surface area (Å²) in [6, 6.07) is 12.6. The van der Waals surface area contributed by atoms with Crippen molar-refractivity contribution in [3.8, 4) is 5.75 Å². The van der Waals surface area contributed by atoms with Crippen molar-refractivity contribution in [3.63, 3.8) is 0 Å². The van der Waals surface area contributed by atoms with E-state index in [9.17, 15) is 4.79 Å². The van der Waals surface area contributed by atoms with Gasteiger partial charge in [0.25, 0.3) is 0 Å². The number of benzene rings is 2. The second kappa shape index (κ2) is 6.99. The van der Waals surface area contributed by atoms with Crippen LogP contribution in [0.15, 0.2) is 42.5 Å². The quantitative estimate of drug-likeness (QED) is 0.831. The number of methoxy groups -OCH3 is 1. The van der Waals surface area contributed by atoms with Crippen LogP contribution in [0.4, 0.5) is 11.4 Å². The molecule has 4 nitrogen and oxygen atoms in total. The molecule has 0 aromatic heterocycles. The Hall–Kier alpha value is -2.20. The van der Waals surface area contributed by atoms with Crippen molar-refractivity contribution >= 4 is 28.9 Å². The van der Waals surface area contributed by atoms with Gasteiger partial charge in [0, 0.05) is 17.1 Å². The van der Waals surface area contributed by atoms with Crippen molar-refractivity contribution in [2.75, 3.05) is 18.2 Å². The molecule has 5 heteroatoms. The molecule has 0 unspecified atom stereocenters. The van der Waals surface area contributed by atoms with E-state index in [1.54, 1.807) is 25.3 Å². The zero-order valence-electron chi connectivity index (χ0n) is 11.7. The van der Waals surface area contributed by atoms with E-state index in [1.165, 1.54) is 0 Å². The first kappa shape index (κ1) is 15.2. The monoisotopic (exact) mass is 304 g/mol. The third-order valence-corrected chi connectivity index (χ3v) is 3.26. The minimum Gasteiger partial charge on any atom is -0.495 e. The lowest BCUT2D eigenvalue weighted by atomic mass is 10.1. The second-order valence-electron chi connectivity index (χ2n) is 4.64. The number of ether oxygens (including phenoxy) is 1. The summed E-state index contributed by atoms with van der Waals surface area (Å²) in [5, 5.41) is 3.35. The van der Waals surface area contributed by atoms with Gasteiger partial charge >= 0.3 is 0 Å². The molecule has 0 fully saturated rings. The van der Waals surface area contributed by atoms with Gasteiger partial charge in [-0.05, 0) is 42.3 Å². The van der Waals surface area contributed by atoms with Crippen molar-refractivity contribution < 1.29 is 9.53 Å². The molecule has 0 heterocycles. The van der Waals surface area contributed by atoms with E-state index >= 15 is 0 Å². The number of aryl methyl sites for hydroxylation is 1.